The van der Waals surface area contributed by atoms with E-state index in [1.165, 1.54) is 6.08 Å². The standard InChI is InChI=1S/C40H58N4O9/c1-8-12-34-30(22-44-23-31(41-42-44)28-13-10-9-11-14-28)19-24(2)15-16-32(46)25(3)20-29(17-18-45)39(26(4)33(47)21-35(48)52-34)53-40-38(50)36(43(6)7)37(49)27(5)51-40/h9-11,13-16,18-19,23,25-27,29-30,33-34,36-40,47,49-50H,8,12,17,20-22H2,1-7H3/b16-15+,24-19+/t25-,26+,27-,29+,30-,33-,34-,36?,37-,38?,39-,40+/m1/s1. The van der Waals surface area contributed by atoms with Gasteiger partial charge in [-0.2, -0.15) is 0 Å². The van der Waals surface area contributed by atoms with Crippen LogP contribution in [-0.2, 0) is 35.1 Å². The van der Waals surface area contributed by atoms with Crippen molar-refractivity contribution in [1.29, 1.82) is 0 Å². The van der Waals surface area contributed by atoms with Crippen molar-refractivity contribution in [3.63, 3.8) is 0 Å². The molecule has 4 rings (SSSR count). The maximum atomic E-state index is 13.6. The molecule has 0 saturated carbocycles. The largest absolute Gasteiger partial charge is 0.462 e. The fraction of sp³-hybridized carbons (Fsp3) is 0.625. The van der Waals surface area contributed by atoms with Crippen LogP contribution >= 0.6 is 0 Å². The lowest BCUT2D eigenvalue weighted by Crippen LogP contribution is -2.63. The van der Waals surface area contributed by atoms with Crippen LogP contribution in [0.25, 0.3) is 11.3 Å². The van der Waals surface area contributed by atoms with Crippen LogP contribution in [0.3, 0.4) is 0 Å². The van der Waals surface area contributed by atoms with Crippen LogP contribution < -0.4 is 0 Å². The normalized spacial score (nSPS) is 35.3. The Morgan fingerprint density at radius 3 is 2.43 bits per heavy atom. The van der Waals surface area contributed by atoms with Gasteiger partial charge in [0.25, 0.3) is 0 Å². The lowest BCUT2D eigenvalue weighted by Gasteiger charge is -2.46. The van der Waals surface area contributed by atoms with Gasteiger partial charge in [-0.15, -0.1) is 5.10 Å². The molecule has 1 aromatic heterocycles. The van der Waals surface area contributed by atoms with E-state index in [1.807, 2.05) is 56.5 Å². The number of benzene rings is 1. The predicted octanol–water partition coefficient (Wildman–Crippen LogP) is 3.76. The van der Waals surface area contributed by atoms with Crippen molar-refractivity contribution in [3.8, 4) is 11.3 Å². The molecule has 3 N–H and O–H groups in total. The Hall–Kier alpha value is -3.59. The average molecular weight is 739 g/mol. The highest BCUT2D eigenvalue weighted by molar-refractivity contribution is 5.91. The molecule has 1 aromatic carbocycles. The molecule has 2 unspecified atom stereocenters. The fourth-order valence-corrected chi connectivity index (χ4v) is 7.45. The summed E-state index contributed by atoms with van der Waals surface area (Å²) < 4.78 is 20.3. The third kappa shape index (κ3) is 11.2. The SMILES string of the molecule is CCC[C@H]1OC(=O)C[C@@H](O)[C@H](C)[C@@H](O[C@@H]2O[C@H](C)[C@@H](O)C(N(C)C)C2O)[C@@H](CC=O)C[C@@H](C)C(=O)/C=C/C(C)=C/[C@@H]1Cn1cc(-c2ccccc2)nn1. The highest BCUT2D eigenvalue weighted by atomic mass is 16.7. The summed E-state index contributed by atoms with van der Waals surface area (Å²) in [5.41, 5.74) is 2.42. The van der Waals surface area contributed by atoms with E-state index >= 15 is 0 Å². The molecule has 292 valence electrons. The summed E-state index contributed by atoms with van der Waals surface area (Å²) in [7, 11) is 3.46. The van der Waals surface area contributed by atoms with Crippen LogP contribution in [0.1, 0.15) is 66.7 Å². The number of aliphatic hydroxyl groups excluding tert-OH is 3. The Morgan fingerprint density at radius 2 is 1.77 bits per heavy atom. The van der Waals surface area contributed by atoms with Crippen molar-refractivity contribution in [1.82, 2.24) is 19.9 Å². The summed E-state index contributed by atoms with van der Waals surface area (Å²) in [6, 6.07) is 8.97. The summed E-state index contributed by atoms with van der Waals surface area (Å²) in [4.78, 5) is 40.9. The minimum atomic E-state index is -1.28. The van der Waals surface area contributed by atoms with Gasteiger partial charge in [0, 0.05) is 29.7 Å². The van der Waals surface area contributed by atoms with Gasteiger partial charge in [-0.1, -0.05) is 80.5 Å². The van der Waals surface area contributed by atoms with E-state index in [9.17, 15) is 29.7 Å². The quantitative estimate of drug-likeness (QED) is 0.238. The Bertz CT molecular complexity index is 1550. The number of aliphatic hydroxyl groups is 3. The van der Waals surface area contributed by atoms with Gasteiger partial charge in [0.05, 0.1) is 49.6 Å². The van der Waals surface area contributed by atoms with Crippen molar-refractivity contribution in [2.75, 3.05) is 14.1 Å². The highest BCUT2D eigenvalue weighted by Gasteiger charge is 2.47. The first-order chi connectivity index (χ1) is 25.2. The summed E-state index contributed by atoms with van der Waals surface area (Å²) in [6.45, 7) is 9.39. The highest BCUT2D eigenvalue weighted by Crippen LogP contribution is 2.34. The molecule has 0 spiro atoms. The number of cyclic esters (lactones) is 1. The number of ketones is 1. The minimum Gasteiger partial charge on any atom is -0.462 e. The predicted molar refractivity (Wildman–Crippen MR) is 198 cm³/mol. The van der Waals surface area contributed by atoms with Crippen molar-refractivity contribution in [2.45, 2.75) is 122 Å². The third-order valence-electron chi connectivity index (χ3n) is 10.5. The fourth-order valence-electron chi connectivity index (χ4n) is 7.45. The van der Waals surface area contributed by atoms with E-state index in [-0.39, 0.29) is 31.0 Å². The molecule has 12 atom stereocenters. The first-order valence-electron chi connectivity index (χ1n) is 18.7. The third-order valence-corrected chi connectivity index (χ3v) is 10.5. The van der Waals surface area contributed by atoms with Crippen LogP contribution in [-0.4, -0.2) is 116 Å². The second kappa shape index (κ2) is 19.7. The number of rotatable bonds is 10. The zero-order chi connectivity index (χ0) is 38.8. The van der Waals surface area contributed by atoms with Crippen LogP contribution in [0.15, 0.2) is 60.3 Å². The smallest absolute Gasteiger partial charge is 0.308 e. The van der Waals surface area contributed by atoms with E-state index < -0.39 is 72.7 Å². The lowest BCUT2D eigenvalue weighted by atomic mass is 9.79. The van der Waals surface area contributed by atoms with E-state index in [0.717, 1.165) is 17.4 Å². The van der Waals surface area contributed by atoms with E-state index in [0.29, 0.717) is 25.1 Å². The number of likely N-dealkylation sites (N-methyl/N-ethyl adjacent to an activating group) is 1. The molecule has 0 aliphatic carbocycles. The Balaban J connectivity index is 1.68. The number of esters is 1. The number of nitrogens with zero attached hydrogens (tertiary/aromatic N) is 4. The number of carbonyl (C=O) groups excluding carboxylic acids is 3. The van der Waals surface area contributed by atoms with Gasteiger partial charge < -0.3 is 39.2 Å². The maximum absolute atomic E-state index is 13.6. The molecule has 0 radical (unpaired) electrons. The number of aldehydes is 1. The van der Waals surface area contributed by atoms with E-state index in [4.69, 9.17) is 14.2 Å². The van der Waals surface area contributed by atoms with Crippen LogP contribution in [0.5, 0.6) is 0 Å². The molecule has 13 heteroatoms. The minimum absolute atomic E-state index is 0.000926. The summed E-state index contributed by atoms with van der Waals surface area (Å²) >= 11 is 0. The molecule has 2 aliphatic rings. The topological polar surface area (TPSA) is 174 Å². The van der Waals surface area contributed by atoms with E-state index in [2.05, 4.69) is 10.3 Å². The second-order valence-corrected chi connectivity index (χ2v) is 15.0. The van der Waals surface area contributed by atoms with Crippen molar-refractivity contribution < 1.29 is 43.9 Å². The van der Waals surface area contributed by atoms with Gasteiger partial charge in [0.15, 0.2) is 12.1 Å². The maximum Gasteiger partial charge on any atom is 0.308 e. The molecular weight excluding hydrogens is 680 g/mol. The van der Waals surface area contributed by atoms with Crippen LogP contribution in [0, 0.1) is 23.7 Å². The number of hydrogen-bond donors (Lipinski definition) is 3. The summed E-state index contributed by atoms with van der Waals surface area (Å²) in [5, 5.41) is 42.4. The van der Waals surface area contributed by atoms with Gasteiger partial charge in [0.2, 0.25) is 0 Å². The molecule has 2 aromatic rings. The summed E-state index contributed by atoms with van der Waals surface area (Å²) in [5.74, 6) is -2.96. The van der Waals surface area contributed by atoms with Crippen LogP contribution in [0.2, 0.25) is 0 Å². The molecule has 3 heterocycles. The number of aromatic nitrogens is 3. The zero-order valence-corrected chi connectivity index (χ0v) is 32.0. The van der Waals surface area contributed by atoms with E-state index in [1.54, 1.807) is 50.5 Å². The first kappa shape index (κ1) is 42.2. The zero-order valence-electron chi connectivity index (χ0n) is 32.0. The Morgan fingerprint density at radius 1 is 1.06 bits per heavy atom. The van der Waals surface area contributed by atoms with Crippen LogP contribution in [0.4, 0.5) is 0 Å². The van der Waals surface area contributed by atoms with Crippen molar-refractivity contribution in [2.24, 2.45) is 23.7 Å². The number of hydrogen-bond acceptors (Lipinski definition) is 12. The monoisotopic (exact) mass is 738 g/mol. The van der Waals surface area contributed by atoms with Gasteiger partial charge in [-0.05, 0) is 52.8 Å². The van der Waals surface area contributed by atoms with Crippen molar-refractivity contribution in [3.05, 3.63) is 60.3 Å². The number of carbonyl (C=O) groups is 3. The number of ether oxygens (including phenoxy) is 3. The molecule has 0 bridgehead atoms. The van der Waals surface area contributed by atoms with Gasteiger partial charge in [-0.25, -0.2) is 0 Å². The molecule has 2 aliphatic heterocycles. The molecule has 1 fully saturated rings. The molecule has 0 amide bonds. The molecule has 13 nitrogen and oxygen atoms in total. The van der Waals surface area contributed by atoms with Gasteiger partial charge >= 0.3 is 5.97 Å². The second-order valence-electron chi connectivity index (χ2n) is 15.0. The number of allylic oxidation sites excluding steroid dienone is 3. The molecular formula is C40H58N4O9. The summed E-state index contributed by atoms with van der Waals surface area (Å²) in [6.07, 6.45) is 1.98. The van der Waals surface area contributed by atoms with Crippen molar-refractivity contribution >= 4 is 18.0 Å². The molecule has 1 saturated heterocycles. The lowest BCUT2D eigenvalue weighted by molar-refractivity contribution is -0.304. The Kier molecular flexibility index (Phi) is 15.6. The average Bonchev–Trinajstić information content (AvgIpc) is 3.59. The molecule has 53 heavy (non-hydrogen) atoms. The van der Waals surface area contributed by atoms with Gasteiger partial charge in [0.1, 0.15) is 24.2 Å². The first-order valence-corrected chi connectivity index (χ1v) is 18.7. The van der Waals surface area contributed by atoms with Gasteiger partial charge in [-0.3, -0.25) is 14.3 Å². The Labute approximate surface area is 313 Å².